The van der Waals surface area contributed by atoms with Crippen LogP contribution in [0.25, 0.3) is 0 Å². The molecule has 0 aromatic heterocycles. The van der Waals surface area contributed by atoms with E-state index < -0.39 is 11.6 Å². The largest absolute Gasteiger partial charge is 0.382 e. The van der Waals surface area contributed by atoms with Gasteiger partial charge in [0.1, 0.15) is 0 Å². The number of hydrogen-bond donors (Lipinski definition) is 0. The summed E-state index contributed by atoms with van der Waals surface area (Å²) in [4.78, 5) is 31.5. The van der Waals surface area contributed by atoms with Crippen molar-refractivity contribution in [1.82, 2.24) is 10.0 Å². The number of hydrazine groups is 1. The predicted octanol–water partition coefficient (Wildman–Crippen LogP) is 3.38. The number of oxime groups is 1. The van der Waals surface area contributed by atoms with E-state index in [1.165, 1.54) is 5.01 Å². The van der Waals surface area contributed by atoms with Crippen LogP contribution in [0.2, 0.25) is 0 Å². The van der Waals surface area contributed by atoms with Gasteiger partial charge in [0.25, 0.3) is 5.91 Å². The van der Waals surface area contributed by atoms with Crippen LogP contribution in [0.3, 0.4) is 0 Å². The van der Waals surface area contributed by atoms with Crippen molar-refractivity contribution < 1.29 is 14.4 Å². The number of carbonyl (C=O) groups is 2. The fourth-order valence-corrected chi connectivity index (χ4v) is 3.72. The molecule has 1 saturated heterocycles. The van der Waals surface area contributed by atoms with Crippen molar-refractivity contribution in [2.45, 2.75) is 65.6 Å². The summed E-state index contributed by atoms with van der Waals surface area (Å²) in [5.74, 6) is -0.203. The lowest BCUT2D eigenvalue weighted by molar-refractivity contribution is -0.170. The zero-order valence-corrected chi connectivity index (χ0v) is 16.8. The van der Waals surface area contributed by atoms with Crippen LogP contribution in [0.15, 0.2) is 35.5 Å². The van der Waals surface area contributed by atoms with Gasteiger partial charge in [-0.2, -0.15) is 0 Å². The van der Waals surface area contributed by atoms with Gasteiger partial charge in [0.2, 0.25) is 12.0 Å². The summed E-state index contributed by atoms with van der Waals surface area (Å²) in [6, 6.07) is 9.87. The molecular weight excluding hydrogens is 342 g/mol. The molecule has 3 rings (SSSR count). The van der Waals surface area contributed by atoms with E-state index in [0.29, 0.717) is 18.9 Å². The van der Waals surface area contributed by atoms with E-state index in [0.717, 1.165) is 17.7 Å². The van der Waals surface area contributed by atoms with Crippen LogP contribution in [0.1, 0.15) is 53.0 Å². The highest BCUT2D eigenvalue weighted by Gasteiger charge is 2.50. The van der Waals surface area contributed by atoms with Crippen LogP contribution in [-0.2, 0) is 21.0 Å². The first-order chi connectivity index (χ1) is 12.7. The fourth-order valence-electron chi connectivity index (χ4n) is 3.72. The number of nitrogens with zero attached hydrogens (tertiary/aromatic N) is 3. The summed E-state index contributed by atoms with van der Waals surface area (Å²) in [5.41, 5.74) is 1.51. The maximum atomic E-state index is 13.3. The Hall–Kier alpha value is -2.21. The van der Waals surface area contributed by atoms with Crippen molar-refractivity contribution in [3.63, 3.8) is 0 Å². The van der Waals surface area contributed by atoms with Crippen molar-refractivity contribution in [2.75, 3.05) is 0 Å². The minimum absolute atomic E-state index is 0.130. The number of carbonyl (C=O) groups excluding carboxylic acids is 2. The molecular formula is C21H29N3O3. The first kappa shape index (κ1) is 19.5. The summed E-state index contributed by atoms with van der Waals surface area (Å²) in [7, 11) is 0. The summed E-state index contributed by atoms with van der Waals surface area (Å²) in [5, 5.41) is 7.30. The van der Waals surface area contributed by atoms with Crippen LogP contribution in [0.4, 0.5) is 0 Å². The van der Waals surface area contributed by atoms with Gasteiger partial charge in [-0.05, 0) is 31.7 Å². The smallest absolute Gasteiger partial charge is 0.288 e. The van der Waals surface area contributed by atoms with Gasteiger partial charge in [0.15, 0.2) is 0 Å². The molecule has 146 valence electrons. The lowest BCUT2D eigenvalue weighted by Gasteiger charge is -2.36. The number of hydrogen-bond acceptors (Lipinski definition) is 5. The lowest BCUT2D eigenvalue weighted by atomic mass is 9.93. The van der Waals surface area contributed by atoms with Gasteiger partial charge < -0.3 is 4.84 Å². The molecule has 27 heavy (non-hydrogen) atoms. The zero-order valence-electron chi connectivity index (χ0n) is 16.8. The standard InChI is InChI=1S/C21H29N3O3/c1-14(2)11-17-15(3)19(27-22-17)20(26)24-18(25)12-21(4,5)23(24)13-16-9-7-6-8-10-16/h6-10,14-15,19H,11-13H2,1-5H3/t15-,19-/m0/s1. The van der Waals surface area contributed by atoms with E-state index in [1.807, 2.05) is 56.1 Å². The van der Waals surface area contributed by atoms with Gasteiger partial charge in [0.05, 0.1) is 5.71 Å². The van der Waals surface area contributed by atoms with E-state index in [-0.39, 0.29) is 17.7 Å². The molecule has 1 fully saturated rings. The van der Waals surface area contributed by atoms with Gasteiger partial charge in [-0.25, -0.2) is 10.0 Å². The van der Waals surface area contributed by atoms with Gasteiger partial charge in [-0.1, -0.05) is 56.3 Å². The van der Waals surface area contributed by atoms with Gasteiger partial charge in [-0.3, -0.25) is 9.59 Å². The Balaban J connectivity index is 1.81. The third kappa shape index (κ3) is 3.90. The Labute approximate surface area is 161 Å². The summed E-state index contributed by atoms with van der Waals surface area (Å²) in [6.45, 7) is 10.6. The highest BCUT2D eigenvalue weighted by Crippen LogP contribution is 2.34. The van der Waals surface area contributed by atoms with E-state index in [2.05, 4.69) is 19.0 Å². The Morgan fingerprint density at radius 2 is 1.96 bits per heavy atom. The van der Waals surface area contributed by atoms with Crippen molar-refractivity contribution in [1.29, 1.82) is 0 Å². The first-order valence-electron chi connectivity index (χ1n) is 9.61. The molecule has 2 heterocycles. The van der Waals surface area contributed by atoms with E-state index in [4.69, 9.17) is 4.84 Å². The van der Waals surface area contributed by atoms with Gasteiger partial charge in [0, 0.05) is 24.4 Å². The van der Waals surface area contributed by atoms with Gasteiger partial charge in [-0.15, -0.1) is 0 Å². The third-order valence-electron chi connectivity index (χ3n) is 5.27. The molecule has 2 aliphatic heterocycles. The molecule has 1 aromatic carbocycles. The number of rotatable bonds is 5. The Morgan fingerprint density at radius 3 is 2.59 bits per heavy atom. The monoisotopic (exact) mass is 371 g/mol. The normalized spacial score (nSPS) is 25.0. The van der Waals surface area contributed by atoms with Crippen LogP contribution >= 0.6 is 0 Å². The number of amides is 2. The molecule has 0 spiro atoms. The number of imide groups is 1. The Bertz CT molecular complexity index is 742. The summed E-state index contributed by atoms with van der Waals surface area (Å²) >= 11 is 0. The lowest BCUT2D eigenvalue weighted by Crippen LogP contribution is -2.53. The third-order valence-corrected chi connectivity index (χ3v) is 5.27. The number of benzene rings is 1. The van der Waals surface area contributed by atoms with Gasteiger partial charge >= 0.3 is 0 Å². The van der Waals surface area contributed by atoms with Crippen LogP contribution < -0.4 is 0 Å². The topological polar surface area (TPSA) is 62.2 Å². The Kier molecular flexibility index (Phi) is 5.38. The average Bonchev–Trinajstić information content (AvgIpc) is 3.05. The minimum atomic E-state index is -0.741. The van der Waals surface area contributed by atoms with Crippen molar-refractivity contribution in [3.05, 3.63) is 35.9 Å². The second-order valence-corrected chi connectivity index (χ2v) is 8.57. The summed E-state index contributed by atoms with van der Waals surface area (Å²) in [6.07, 6.45) is 0.347. The molecule has 0 radical (unpaired) electrons. The Morgan fingerprint density at radius 1 is 1.30 bits per heavy atom. The van der Waals surface area contributed by atoms with E-state index in [1.54, 1.807) is 0 Å². The molecule has 2 atom stereocenters. The molecule has 0 bridgehead atoms. The molecule has 2 aliphatic rings. The molecule has 6 heteroatoms. The second-order valence-electron chi connectivity index (χ2n) is 8.57. The van der Waals surface area contributed by atoms with Crippen molar-refractivity contribution >= 4 is 17.5 Å². The van der Waals surface area contributed by atoms with Crippen LogP contribution in [0.5, 0.6) is 0 Å². The van der Waals surface area contributed by atoms with Crippen LogP contribution in [0, 0.1) is 11.8 Å². The van der Waals surface area contributed by atoms with Crippen molar-refractivity contribution in [3.8, 4) is 0 Å². The van der Waals surface area contributed by atoms with Crippen LogP contribution in [-0.4, -0.2) is 39.2 Å². The predicted molar refractivity (Wildman–Crippen MR) is 103 cm³/mol. The SMILES string of the molecule is CC(C)CC1=NO[C@H](C(=O)N2C(=O)CC(C)(C)N2Cc2ccccc2)[C@H]1C. The zero-order chi connectivity index (χ0) is 19.8. The highest BCUT2D eigenvalue weighted by molar-refractivity contribution is 6.02. The van der Waals surface area contributed by atoms with E-state index in [9.17, 15) is 9.59 Å². The van der Waals surface area contributed by atoms with Crippen molar-refractivity contribution in [2.24, 2.45) is 17.0 Å². The highest BCUT2D eigenvalue weighted by atomic mass is 16.6. The maximum Gasteiger partial charge on any atom is 0.288 e. The first-order valence-corrected chi connectivity index (χ1v) is 9.61. The summed E-state index contributed by atoms with van der Waals surface area (Å²) < 4.78 is 0. The molecule has 0 unspecified atom stereocenters. The minimum Gasteiger partial charge on any atom is -0.382 e. The molecule has 6 nitrogen and oxygen atoms in total. The molecule has 2 amide bonds. The fraction of sp³-hybridized carbons (Fsp3) is 0.571. The van der Waals surface area contributed by atoms with E-state index >= 15 is 0 Å². The molecule has 0 N–H and O–H groups in total. The average molecular weight is 371 g/mol. The molecule has 0 saturated carbocycles. The quantitative estimate of drug-likeness (QED) is 0.745. The molecule has 1 aromatic rings. The maximum absolute atomic E-state index is 13.3. The molecule has 0 aliphatic carbocycles. The second kappa shape index (κ2) is 7.43.